The van der Waals surface area contributed by atoms with E-state index in [0.29, 0.717) is 11.3 Å². The summed E-state index contributed by atoms with van der Waals surface area (Å²) in [4.78, 5) is 60.6. The molecule has 1 fully saturated rings. The molecule has 10 nitrogen and oxygen atoms in total. The number of thioether (sulfide) groups is 1. The van der Waals surface area contributed by atoms with Crippen LogP contribution in [-0.2, 0) is 9.59 Å². The van der Waals surface area contributed by atoms with Crippen LogP contribution in [0.4, 0.5) is 16.2 Å². The topological polar surface area (TPSA) is 136 Å². The van der Waals surface area contributed by atoms with E-state index in [1.54, 1.807) is 42.5 Å². The lowest BCUT2D eigenvalue weighted by molar-refractivity contribution is -0.384. The van der Waals surface area contributed by atoms with Crippen molar-refractivity contribution in [2.75, 3.05) is 11.9 Å². The molecule has 1 heterocycles. The van der Waals surface area contributed by atoms with Crippen LogP contribution in [0.1, 0.15) is 15.9 Å². The highest BCUT2D eigenvalue weighted by atomic mass is 32.2. The first-order valence-electron chi connectivity index (χ1n) is 10.5. The van der Waals surface area contributed by atoms with Gasteiger partial charge in [-0.1, -0.05) is 30.3 Å². The van der Waals surface area contributed by atoms with E-state index in [2.05, 4.69) is 5.32 Å². The first kappa shape index (κ1) is 24.4. The number of amides is 3. The third-order valence-corrected chi connectivity index (χ3v) is 5.84. The quantitative estimate of drug-likeness (QED) is 0.164. The standard InChI is InChI=1S/C25H17N3O7S/c29-22(26-18-4-2-1-3-5-18)15-27-23(30)21(36-25(27)32)14-16-6-12-20(13-7-16)35-24(31)17-8-10-19(11-9-17)28(33)34/h1-14H,15H2,(H,26,29)/b21-14-. The van der Waals surface area contributed by atoms with E-state index in [0.717, 1.165) is 16.7 Å². The van der Waals surface area contributed by atoms with E-state index in [1.165, 1.54) is 42.5 Å². The molecular formula is C25H17N3O7S. The monoisotopic (exact) mass is 503 g/mol. The van der Waals surface area contributed by atoms with Crippen LogP contribution in [0.2, 0.25) is 0 Å². The molecule has 11 heteroatoms. The highest BCUT2D eigenvalue weighted by Gasteiger charge is 2.36. The highest BCUT2D eigenvalue weighted by molar-refractivity contribution is 8.18. The van der Waals surface area contributed by atoms with Crippen molar-refractivity contribution >= 4 is 52.2 Å². The molecule has 4 rings (SSSR count). The number of nitrogens with zero attached hydrogens (tertiary/aromatic N) is 2. The smallest absolute Gasteiger partial charge is 0.343 e. The van der Waals surface area contributed by atoms with Crippen molar-refractivity contribution in [3.8, 4) is 5.75 Å². The van der Waals surface area contributed by atoms with Crippen molar-refractivity contribution in [3.63, 3.8) is 0 Å². The van der Waals surface area contributed by atoms with Crippen molar-refractivity contribution < 1.29 is 28.8 Å². The fourth-order valence-electron chi connectivity index (χ4n) is 3.17. The molecule has 0 saturated carbocycles. The summed E-state index contributed by atoms with van der Waals surface area (Å²) < 4.78 is 5.27. The van der Waals surface area contributed by atoms with E-state index in [1.807, 2.05) is 0 Å². The Morgan fingerprint density at radius 3 is 2.28 bits per heavy atom. The van der Waals surface area contributed by atoms with Crippen LogP contribution < -0.4 is 10.1 Å². The number of para-hydroxylation sites is 1. The first-order valence-corrected chi connectivity index (χ1v) is 11.3. The second kappa shape index (κ2) is 10.7. The average Bonchev–Trinajstić information content (AvgIpc) is 3.13. The number of anilines is 1. The summed E-state index contributed by atoms with van der Waals surface area (Å²) in [5.74, 6) is -1.54. The maximum absolute atomic E-state index is 12.7. The van der Waals surface area contributed by atoms with Crippen molar-refractivity contribution in [1.82, 2.24) is 4.90 Å². The normalized spacial score (nSPS) is 14.1. The zero-order valence-corrected chi connectivity index (χ0v) is 19.3. The number of nitro benzene ring substituents is 1. The van der Waals surface area contributed by atoms with Crippen molar-refractivity contribution in [3.05, 3.63) is 105 Å². The van der Waals surface area contributed by atoms with Gasteiger partial charge in [0.1, 0.15) is 12.3 Å². The molecule has 0 atom stereocenters. The first-order chi connectivity index (χ1) is 17.3. The van der Waals surface area contributed by atoms with Gasteiger partial charge < -0.3 is 10.1 Å². The molecule has 36 heavy (non-hydrogen) atoms. The van der Waals surface area contributed by atoms with E-state index in [4.69, 9.17) is 4.74 Å². The highest BCUT2D eigenvalue weighted by Crippen LogP contribution is 2.32. The number of carbonyl (C=O) groups is 4. The van der Waals surface area contributed by atoms with Gasteiger partial charge in [0.15, 0.2) is 0 Å². The Labute approximate surface area is 208 Å². The van der Waals surface area contributed by atoms with Gasteiger partial charge in [0, 0.05) is 17.8 Å². The summed E-state index contributed by atoms with van der Waals surface area (Å²) in [5, 5.41) is 12.8. The van der Waals surface area contributed by atoms with Crippen LogP contribution >= 0.6 is 11.8 Å². The molecule has 0 aromatic heterocycles. The van der Waals surface area contributed by atoms with E-state index in [-0.39, 0.29) is 21.9 Å². The molecule has 3 aromatic rings. The predicted octanol–water partition coefficient (Wildman–Crippen LogP) is 4.49. The Morgan fingerprint density at radius 1 is 0.972 bits per heavy atom. The van der Waals surface area contributed by atoms with Crippen LogP contribution in [0, 0.1) is 10.1 Å². The van der Waals surface area contributed by atoms with Crippen LogP contribution in [0.15, 0.2) is 83.8 Å². The lowest BCUT2D eigenvalue weighted by Gasteiger charge is -2.12. The second-order valence-electron chi connectivity index (χ2n) is 7.44. The molecule has 0 unspecified atom stereocenters. The maximum atomic E-state index is 12.7. The Balaban J connectivity index is 1.37. The summed E-state index contributed by atoms with van der Waals surface area (Å²) in [5.41, 5.74) is 1.13. The fourth-order valence-corrected chi connectivity index (χ4v) is 4.01. The van der Waals surface area contributed by atoms with Gasteiger partial charge in [-0.05, 0) is 59.8 Å². The van der Waals surface area contributed by atoms with Gasteiger partial charge >= 0.3 is 5.97 Å². The van der Waals surface area contributed by atoms with Gasteiger partial charge in [-0.3, -0.25) is 29.4 Å². The number of ether oxygens (including phenoxy) is 1. The van der Waals surface area contributed by atoms with Gasteiger partial charge in [-0.25, -0.2) is 4.79 Å². The van der Waals surface area contributed by atoms with Crippen molar-refractivity contribution in [1.29, 1.82) is 0 Å². The number of imide groups is 1. The lowest BCUT2D eigenvalue weighted by atomic mass is 10.2. The van der Waals surface area contributed by atoms with Gasteiger partial charge in [-0.2, -0.15) is 0 Å². The van der Waals surface area contributed by atoms with Crippen molar-refractivity contribution in [2.45, 2.75) is 0 Å². The molecule has 1 aliphatic rings. The number of hydrogen-bond donors (Lipinski definition) is 1. The van der Waals surface area contributed by atoms with Crippen LogP contribution in [-0.4, -0.2) is 39.4 Å². The van der Waals surface area contributed by atoms with Crippen LogP contribution in [0.3, 0.4) is 0 Å². The van der Waals surface area contributed by atoms with Gasteiger partial charge in [0.2, 0.25) is 5.91 Å². The molecule has 0 spiro atoms. The third-order valence-electron chi connectivity index (χ3n) is 4.94. The minimum atomic E-state index is -0.687. The molecule has 3 amide bonds. The minimum Gasteiger partial charge on any atom is -0.423 e. The molecular weight excluding hydrogens is 486 g/mol. The largest absolute Gasteiger partial charge is 0.423 e. The minimum absolute atomic E-state index is 0.142. The summed E-state index contributed by atoms with van der Waals surface area (Å²) in [7, 11) is 0. The average molecular weight is 503 g/mol. The van der Waals surface area contributed by atoms with E-state index in [9.17, 15) is 29.3 Å². The second-order valence-corrected chi connectivity index (χ2v) is 8.44. The molecule has 0 radical (unpaired) electrons. The molecule has 0 aliphatic carbocycles. The number of carbonyl (C=O) groups excluding carboxylic acids is 4. The number of nitro groups is 1. The summed E-state index contributed by atoms with van der Waals surface area (Å²) in [6, 6.07) is 19.9. The molecule has 1 saturated heterocycles. The number of esters is 1. The lowest BCUT2D eigenvalue weighted by Crippen LogP contribution is -2.36. The Morgan fingerprint density at radius 2 is 1.64 bits per heavy atom. The number of nitrogens with one attached hydrogen (secondary N) is 1. The summed E-state index contributed by atoms with van der Waals surface area (Å²) >= 11 is 0.725. The van der Waals surface area contributed by atoms with Crippen molar-refractivity contribution in [2.24, 2.45) is 0 Å². The number of non-ortho nitro benzene ring substituents is 1. The molecule has 0 bridgehead atoms. The van der Waals surface area contributed by atoms with E-state index < -0.39 is 34.5 Å². The van der Waals surface area contributed by atoms with Gasteiger partial charge in [0.25, 0.3) is 16.8 Å². The summed E-state index contributed by atoms with van der Waals surface area (Å²) in [6.45, 7) is -0.408. The maximum Gasteiger partial charge on any atom is 0.343 e. The SMILES string of the molecule is O=C(CN1C(=O)S/C(=C\c2ccc(OC(=O)c3ccc([N+](=O)[O-])cc3)cc2)C1=O)Nc1ccccc1. The van der Waals surface area contributed by atoms with Gasteiger partial charge in [0.05, 0.1) is 15.4 Å². The predicted molar refractivity (Wildman–Crippen MR) is 132 cm³/mol. The molecule has 1 aliphatic heterocycles. The molecule has 180 valence electrons. The molecule has 1 N–H and O–H groups in total. The number of rotatable bonds is 7. The Hall–Kier alpha value is -4.77. The zero-order chi connectivity index (χ0) is 25.7. The number of benzene rings is 3. The summed E-state index contributed by atoms with van der Waals surface area (Å²) in [6.07, 6.45) is 1.50. The Bertz CT molecular complexity index is 1370. The molecule has 3 aromatic carbocycles. The third kappa shape index (κ3) is 5.83. The zero-order valence-electron chi connectivity index (χ0n) is 18.5. The van der Waals surface area contributed by atoms with Crippen LogP contribution in [0.5, 0.6) is 5.75 Å². The van der Waals surface area contributed by atoms with Crippen LogP contribution in [0.25, 0.3) is 6.08 Å². The Kier molecular flexibility index (Phi) is 7.21. The van der Waals surface area contributed by atoms with E-state index >= 15 is 0 Å². The fraction of sp³-hybridized carbons (Fsp3) is 0.0400. The number of hydrogen-bond acceptors (Lipinski definition) is 8. The van der Waals surface area contributed by atoms with Gasteiger partial charge in [-0.15, -0.1) is 0 Å².